The van der Waals surface area contributed by atoms with E-state index in [-0.39, 0.29) is 11.7 Å². The molecule has 1 atom stereocenters. The third-order valence-corrected chi connectivity index (χ3v) is 4.51. The SMILES string of the molecule is CCOC(=O)C(C)NC(=O)N1CCC(Cc2n[nH]c(=O)n2CC)CC1. The van der Waals surface area contributed by atoms with Gasteiger partial charge in [0.15, 0.2) is 0 Å². The van der Waals surface area contributed by atoms with E-state index in [9.17, 15) is 14.4 Å². The van der Waals surface area contributed by atoms with Crippen LogP contribution in [0, 0.1) is 5.92 Å². The van der Waals surface area contributed by atoms with E-state index < -0.39 is 12.0 Å². The number of H-pyrrole nitrogens is 1. The van der Waals surface area contributed by atoms with E-state index in [1.807, 2.05) is 6.92 Å². The third-order valence-electron chi connectivity index (χ3n) is 4.51. The maximum Gasteiger partial charge on any atom is 0.343 e. The number of esters is 1. The molecule has 9 heteroatoms. The highest BCUT2D eigenvalue weighted by Crippen LogP contribution is 2.20. The van der Waals surface area contributed by atoms with Gasteiger partial charge < -0.3 is 15.0 Å². The average molecular weight is 353 g/mol. The molecule has 0 aliphatic carbocycles. The van der Waals surface area contributed by atoms with Gasteiger partial charge in [0.25, 0.3) is 0 Å². The molecular weight excluding hydrogens is 326 g/mol. The number of nitrogens with one attached hydrogen (secondary N) is 2. The molecule has 2 amide bonds. The Morgan fingerprint density at radius 3 is 2.64 bits per heavy atom. The maximum atomic E-state index is 12.2. The Kier molecular flexibility index (Phi) is 6.60. The molecule has 2 heterocycles. The van der Waals surface area contributed by atoms with E-state index in [1.54, 1.807) is 23.3 Å². The number of ether oxygens (including phenoxy) is 1. The number of likely N-dealkylation sites (tertiary alicyclic amines) is 1. The molecule has 0 saturated carbocycles. The second kappa shape index (κ2) is 8.68. The fourth-order valence-corrected chi connectivity index (χ4v) is 3.03. The zero-order valence-electron chi connectivity index (χ0n) is 15.1. The van der Waals surface area contributed by atoms with Gasteiger partial charge in [-0.15, -0.1) is 0 Å². The predicted molar refractivity (Wildman–Crippen MR) is 91.1 cm³/mol. The van der Waals surface area contributed by atoms with Gasteiger partial charge >= 0.3 is 17.7 Å². The molecule has 0 aromatic carbocycles. The molecule has 1 aliphatic heterocycles. The van der Waals surface area contributed by atoms with E-state index in [0.717, 1.165) is 25.1 Å². The standard InChI is InChI=1S/C16H27N5O4/c1-4-21-13(18-19-16(21)24)10-12-6-8-20(9-7-12)15(23)17-11(3)14(22)25-5-2/h11-12H,4-10H2,1-3H3,(H,17,23)(H,19,24). The second-order valence-electron chi connectivity index (χ2n) is 6.25. The number of amides is 2. The minimum Gasteiger partial charge on any atom is -0.464 e. The van der Waals surface area contributed by atoms with Crippen LogP contribution in [-0.2, 0) is 22.5 Å². The van der Waals surface area contributed by atoms with E-state index in [4.69, 9.17) is 4.74 Å². The van der Waals surface area contributed by atoms with Crippen molar-refractivity contribution >= 4 is 12.0 Å². The monoisotopic (exact) mass is 353 g/mol. The van der Waals surface area contributed by atoms with Gasteiger partial charge in [-0.25, -0.2) is 19.5 Å². The summed E-state index contributed by atoms with van der Waals surface area (Å²) in [6, 6.07) is -0.905. The van der Waals surface area contributed by atoms with Crippen LogP contribution in [-0.4, -0.2) is 57.4 Å². The van der Waals surface area contributed by atoms with Gasteiger partial charge in [0.2, 0.25) is 0 Å². The third kappa shape index (κ3) is 4.83. The van der Waals surface area contributed by atoms with Crippen LogP contribution < -0.4 is 11.0 Å². The van der Waals surface area contributed by atoms with Crippen molar-refractivity contribution in [2.45, 2.75) is 52.6 Å². The number of aromatic amines is 1. The van der Waals surface area contributed by atoms with Crippen LogP contribution in [0.2, 0.25) is 0 Å². The normalized spacial score (nSPS) is 16.5. The summed E-state index contributed by atoms with van der Waals surface area (Å²) >= 11 is 0. The average Bonchev–Trinajstić information content (AvgIpc) is 2.95. The van der Waals surface area contributed by atoms with Crippen molar-refractivity contribution in [1.29, 1.82) is 0 Å². The van der Waals surface area contributed by atoms with Gasteiger partial charge in [0.1, 0.15) is 11.9 Å². The van der Waals surface area contributed by atoms with Crippen LogP contribution >= 0.6 is 0 Å². The molecule has 1 unspecified atom stereocenters. The summed E-state index contributed by atoms with van der Waals surface area (Å²) in [4.78, 5) is 37.1. The highest BCUT2D eigenvalue weighted by atomic mass is 16.5. The number of rotatable bonds is 6. The van der Waals surface area contributed by atoms with Crippen LogP contribution in [0.1, 0.15) is 39.4 Å². The second-order valence-corrected chi connectivity index (χ2v) is 6.25. The molecule has 0 bridgehead atoms. The summed E-state index contributed by atoms with van der Waals surface area (Å²) < 4.78 is 6.53. The number of urea groups is 1. The number of hydrogen-bond donors (Lipinski definition) is 2. The first-order valence-corrected chi connectivity index (χ1v) is 8.82. The number of aromatic nitrogens is 3. The molecule has 1 aromatic heterocycles. The molecule has 1 fully saturated rings. The quantitative estimate of drug-likeness (QED) is 0.724. The Morgan fingerprint density at radius 2 is 2.04 bits per heavy atom. The number of hydrogen-bond acceptors (Lipinski definition) is 5. The number of piperidine rings is 1. The summed E-state index contributed by atoms with van der Waals surface area (Å²) in [5, 5.41) is 9.25. The first kappa shape index (κ1) is 19.0. The Balaban J connectivity index is 1.81. The van der Waals surface area contributed by atoms with Crippen LogP contribution in [0.25, 0.3) is 0 Å². The fraction of sp³-hybridized carbons (Fsp3) is 0.750. The summed E-state index contributed by atoms with van der Waals surface area (Å²) in [7, 11) is 0. The first-order valence-electron chi connectivity index (χ1n) is 8.82. The Labute approximate surface area is 146 Å². The zero-order valence-corrected chi connectivity index (χ0v) is 15.1. The molecule has 1 aromatic rings. The molecule has 140 valence electrons. The molecule has 0 radical (unpaired) electrons. The fourth-order valence-electron chi connectivity index (χ4n) is 3.03. The van der Waals surface area contributed by atoms with Crippen LogP contribution in [0.3, 0.4) is 0 Å². The molecule has 2 rings (SSSR count). The highest BCUT2D eigenvalue weighted by molar-refractivity contribution is 5.83. The topological polar surface area (TPSA) is 109 Å². The van der Waals surface area contributed by atoms with Crippen LogP contribution in [0.4, 0.5) is 4.79 Å². The molecule has 0 spiro atoms. The van der Waals surface area contributed by atoms with E-state index in [0.29, 0.717) is 32.2 Å². The molecular formula is C16H27N5O4. The van der Waals surface area contributed by atoms with Crippen molar-refractivity contribution in [3.05, 3.63) is 16.3 Å². The van der Waals surface area contributed by atoms with Gasteiger partial charge in [-0.2, -0.15) is 5.10 Å². The van der Waals surface area contributed by atoms with Crippen molar-refractivity contribution in [1.82, 2.24) is 25.0 Å². The predicted octanol–water partition coefficient (Wildman–Crippen LogP) is 0.507. The molecule has 25 heavy (non-hydrogen) atoms. The number of carbonyl (C=O) groups is 2. The van der Waals surface area contributed by atoms with Gasteiger partial charge in [-0.1, -0.05) is 0 Å². The largest absolute Gasteiger partial charge is 0.464 e. The molecule has 9 nitrogen and oxygen atoms in total. The minimum atomic E-state index is -0.659. The Bertz CT molecular complexity index is 645. The minimum absolute atomic E-state index is 0.178. The van der Waals surface area contributed by atoms with Gasteiger partial charge in [-0.3, -0.25) is 4.57 Å². The summed E-state index contributed by atoms with van der Waals surface area (Å²) in [5.41, 5.74) is -0.178. The van der Waals surface area contributed by atoms with E-state index in [1.165, 1.54) is 0 Å². The molecule has 2 N–H and O–H groups in total. The van der Waals surface area contributed by atoms with Crippen molar-refractivity contribution in [3.8, 4) is 0 Å². The molecule has 1 aliphatic rings. The van der Waals surface area contributed by atoms with Crippen molar-refractivity contribution in [2.24, 2.45) is 5.92 Å². The lowest BCUT2D eigenvalue weighted by Gasteiger charge is -2.32. The first-order chi connectivity index (χ1) is 12.0. The number of carbonyl (C=O) groups excluding carboxylic acids is 2. The Hall–Kier alpha value is -2.32. The van der Waals surface area contributed by atoms with Crippen LogP contribution in [0.5, 0.6) is 0 Å². The highest BCUT2D eigenvalue weighted by Gasteiger charge is 2.26. The lowest BCUT2D eigenvalue weighted by atomic mass is 9.93. The summed E-state index contributed by atoms with van der Waals surface area (Å²) in [5.74, 6) is 0.722. The summed E-state index contributed by atoms with van der Waals surface area (Å²) in [6.45, 7) is 7.38. The van der Waals surface area contributed by atoms with Gasteiger partial charge in [0, 0.05) is 26.1 Å². The van der Waals surface area contributed by atoms with Crippen LogP contribution in [0.15, 0.2) is 4.79 Å². The summed E-state index contributed by atoms with van der Waals surface area (Å²) in [6.07, 6.45) is 2.40. The lowest BCUT2D eigenvalue weighted by Crippen LogP contribution is -2.49. The van der Waals surface area contributed by atoms with Crippen molar-refractivity contribution in [2.75, 3.05) is 19.7 Å². The van der Waals surface area contributed by atoms with Crippen molar-refractivity contribution < 1.29 is 14.3 Å². The smallest absolute Gasteiger partial charge is 0.343 e. The number of nitrogens with zero attached hydrogens (tertiary/aromatic N) is 3. The molecule has 1 saturated heterocycles. The van der Waals surface area contributed by atoms with Crippen molar-refractivity contribution in [3.63, 3.8) is 0 Å². The maximum absolute atomic E-state index is 12.2. The Morgan fingerprint density at radius 1 is 1.36 bits per heavy atom. The van der Waals surface area contributed by atoms with Gasteiger partial charge in [0.05, 0.1) is 6.61 Å². The lowest BCUT2D eigenvalue weighted by molar-refractivity contribution is -0.144. The van der Waals surface area contributed by atoms with E-state index >= 15 is 0 Å². The van der Waals surface area contributed by atoms with Gasteiger partial charge in [-0.05, 0) is 39.5 Å². The van der Waals surface area contributed by atoms with E-state index in [2.05, 4.69) is 15.5 Å². The zero-order chi connectivity index (χ0) is 18.4.